The fourth-order valence-electron chi connectivity index (χ4n) is 3.86. The number of hydrogen-bond donors (Lipinski definition) is 2. The normalized spacial score (nSPS) is 19.4. The van der Waals surface area contributed by atoms with Gasteiger partial charge in [0, 0.05) is 37.9 Å². The van der Waals surface area contributed by atoms with Crippen LogP contribution in [0, 0.1) is 12.8 Å². The molecule has 3 rings (SSSR count). The number of H-pyrrole nitrogens is 1. The molecule has 1 saturated heterocycles. The summed E-state index contributed by atoms with van der Waals surface area (Å²) in [6.07, 6.45) is 11.0. The number of amides is 1. The Morgan fingerprint density at radius 1 is 1.38 bits per heavy atom. The van der Waals surface area contributed by atoms with Crippen molar-refractivity contribution >= 4 is 5.91 Å². The molecule has 0 bridgehead atoms. The molecule has 8 nitrogen and oxygen atoms in total. The van der Waals surface area contributed by atoms with E-state index in [4.69, 9.17) is 0 Å². The minimum Gasteiger partial charge on any atom is -0.346 e. The minimum absolute atomic E-state index is 0.00240. The van der Waals surface area contributed by atoms with Gasteiger partial charge in [-0.2, -0.15) is 0 Å². The number of allylic oxidation sites excluding steroid dienone is 3. The van der Waals surface area contributed by atoms with Crippen LogP contribution >= 0.6 is 0 Å². The second-order valence-corrected chi connectivity index (χ2v) is 8.10. The van der Waals surface area contributed by atoms with Gasteiger partial charge < -0.3 is 10.3 Å². The average molecular weight is 435 g/mol. The minimum atomic E-state index is -0.327. The molecule has 2 aromatic rings. The summed E-state index contributed by atoms with van der Waals surface area (Å²) in [5.41, 5.74) is 2.35. The predicted octanol–water partition coefficient (Wildman–Crippen LogP) is 2.52. The van der Waals surface area contributed by atoms with Crippen molar-refractivity contribution in [3.05, 3.63) is 87.9 Å². The van der Waals surface area contributed by atoms with Gasteiger partial charge in [0.05, 0.1) is 12.1 Å². The second-order valence-electron chi connectivity index (χ2n) is 8.10. The molecule has 0 radical (unpaired) electrons. The molecule has 8 heteroatoms. The topological polar surface area (TPSA) is 104 Å². The van der Waals surface area contributed by atoms with E-state index in [9.17, 15) is 9.59 Å². The predicted molar refractivity (Wildman–Crippen MR) is 124 cm³/mol. The Hall–Kier alpha value is -3.39. The van der Waals surface area contributed by atoms with Gasteiger partial charge in [0.25, 0.3) is 11.5 Å². The molecule has 32 heavy (non-hydrogen) atoms. The highest BCUT2D eigenvalue weighted by Crippen LogP contribution is 2.30. The first kappa shape index (κ1) is 23.3. The van der Waals surface area contributed by atoms with Crippen LogP contribution in [0.25, 0.3) is 0 Å². The van der Waals surface area contributed by atoms with Crippen LogP contribution in [0.3, 0.4) is 0 Å². The quantitative estimate of drug-likeness (QED) is 0.619. The summed E-state index contributed by atoms with van der Waals surface area (Å²) in [4.78, 5) is 34.1. The number of hydrogen-bond acceptors (Lipinski definition) is 6. The lowest BCUT2D eigenvalue weighted by atomic mass is 9.97. The summed E-state index contributed by atoms with van der Waals surface area (Å²) in [7, 11) is 0. The van der Waals surface area contributed by atoms with Crippen LogP contribution in [0.2, 0.25) is 0 Å². The molecular formula is C24H30N6O2. The van der Waals surface area contributed by atoms with Crippen LogP contribution in [-0.4, -0.2) is 50.6 Å². The average Bonchev–Trinajstić information content (AvgIpc) is 3.15. The lowest BCUT2D eigenvalue weighted by Crippen LogP contribution is -2.30. The van der Waals surface area contributed by atoms with Gasteiger partial charge >= 0.3 is 0 Å². The number of aromatic amines is 1. The van der Waals surface area contributed by atoms with Crippen LogP contribution in [0.15, 0.2) is 59.7 Å². The molecule has 2 atom stereocenters. The molecule has 2 unspecified atom stereocenters. The zero-order chi connectivity index (χ0) is 23.1. The van der Waals surface area contributed by atoms with Crippen molar-refractivity contribution in [1.29, 1.82) is 0 Å². The summed E-state index contributed by atoms with van der Waals surface area (Å²) in [5.74, 6) is 0.719. The van der Waals surface area contributed by atoms with Gasteiger partial charge in [0.1, 0.15) is 11.5 Å². The SMILES string of the molecule is C=C/C=C\C(=C/C)CN1CC(C)C(c2nnc(CNC(=O)c3cnccc3C)c(=O)[nH]2)C1. The Morgan fingerprint density at radius 2 is 2.19 bits per heavy atom. The number of pyridine rings is 1. The number of rotatable bonds is 8. The van der Waals surface area contributed by atoms with Gasteiger partial charge in [-0.05, 0) is 37.0 Å². The summed E-state index contributed by atoms with van der Waals surface area (Å²) in [6.45, 7) is 12.3. The van der Waals surface area contributed by atoms with E-state index in [1.807, 2.05) is 19.9 Å². The van der Waals surface area contributed by atoms with Gasteiger partial charge in [0.2, 0.25) is 0 Å². The third-order valence-electron chi connectivity index (χ3n) is 5.74. The van der Waals surface area contributed by atoms with E-state index < -0.39 is 0 Å². The second kappa shape index (κ2) is 10.8. The van der Waals surface area contributed by atoms with E-state index in [2.05, 4.69) is 56.0 Å². The highest BCUT2D eigenvalue weighted by Gasteiger charge is 2.33. The highest BCUT2D eigenvalue weighted by atomic mass is 16.2. The number of aryl methyl sites for hydroxylation is 1. The van der Waals surface area contributed by atoms with Gasteiger partial charge in [-0.25, -0.2) is 0 Å². The Balaban J connectivity index is 1.64. The maximum atomic E-state index is 12.6. The number of nitrogens with zero attached hydrogens (tertiary/aromatic N) is 4. The van der Waals surface area contributed by atoms with Gasteiger partial charge in [-0.1, -0.05) is 37.8 Å². The van der Waals surface area contributed by atoms with E-state index in [-0.39, 0.29) is 29.6 Å². The molecule has 1 fully saturated rings. The largest absolute Gasteiger partial charge is 0.346 e. The fourth-order valence-corrected chi connectivity index (χ4v) is 3.86. The van der Waals surface area contributed by atoms with Crippen molar-refractivity contribution in [3.8, 4) is 0 Å². The van der Waals surface area contributed by atoms with Crippen LogP contribution in [0.4, 0.5) is 0 Å². The zero-order valence-electron chi connectivity index (χ0n) is 18.8. The van der Waals surface area contributed by atoms with Crippen LogP contribution in [0.1, 0.15) is 47.2 Å². The van der Waals surface area contributed by atoms with Crippen LogP contribution in [0.5, 0.6) is 0 Å². The maximum Gasteiger partial charge on any atom is 0.274 e. The molecule has 1 aliphatic heterocycles. The van der Waals surface area contributed by atoms with Crippen molar-refractivity contribution in [2.24, 2.45) is 5.92 Å². The van der Waals surface area contributed by atoms with Crippen LogP contribution in [-0.2, 0) is 6.54 Å². The van der Waals surface area contributed by atoms with Gasteiger partial charge in [-0.15, -0.1) is 10.2 Å². The number of carbonyl (C=O) groups is 1. The molecule has 1 amide bonds. The Bertz CT molecular complexity index is 1090. The number of nitrogens with one attached hydrogen (secondary N) is 2. The number of likely N-dealkylation sites (tertiary alicyclic amines) is 1. The Kier molecular flexibility index (Phi) is 7.83. The third-order valence-corrected chi connectivity index (χ3v) is 5.74. The van der Waals surface area contributed by atoms with E-state index >= 15 is 0 Å². The summed E-state index contributed by atoms with van der Waals surface area (Å²) in [5, 5.41) is 11.1. The summed E-state index contributed by atoms with van der Waals surface area (Å²) >= 11 is 0. The third kappa shape index (κ3) is 5.64. The van der Waals surface area contributed by atoms with E-state index in [0.717, 1.165) is 25.2 Å². The van der Waals surface area contributed by atoms with Crippen molar-refractivity contribution < 1.29 is 4.79 Å². The lowest BCUT2D eigenvalue weighted by molar-refractivity contribution is 0.0949. The molecular weight excluding hydrogens is 404 g/mol. The molecule has 0 aromatic carbocycles. The first-order valence-electron chi connectivity index (χ1n) is 10.7. The molecule has 1 aliphatic rings. The molecule has 0 saturated carbocycles. The summed E-state index contributed by atoms with van der Waals surface area (Å²) in [6, 6.07) is 1.76. The van der Waals surface area contributed by atoms with Crippen molar-refractivity contribution in [2.45, 2.75) is 33.2 Å². The highest BCUT2D eigenvalue weighted by molar-refractivity contribution is 5.95. The molecule has 2 N–H and O–H groups in total. The lowest BCUT2D eigenvalue weighted by Gasteiger charge is -2.16. The molecule has 168 valence electrons. The molecule has 2 aromatic heterocycles. The van der Waals surface area contributed by atoms with Crippen LogP contribution < -0.4 is 10.9 Å². The van der Waals surface area contributed by atoms with Gasteiger partial charge in [-0.3, -0.25) is 19.5 Å². The van der Waals surface area contributed by atoms with E-state index in [0.29, 0.717) is 17.3 Å². The fraction of sp³-hybridized carbons (Fsp3) is 0.375. The Labute approximate surface area is 188 Å². The smallest absolute Gasteiger partial charge is 0.274 e. The van der Waals surface area contributed by atoms with E-state index in [1.54, 1.807) is 18.3 Å². The maximum absolute atomic E-state index is 12.6. The first-order valence-corrected chi connectivity index (χ1v) is 10.7. The van der Waals surface area contributed by atoms with Crippen molar-refractivity contribution in [1.82, 2.24) is 30.4 Å². The molecule has 0 aliphatic carbocycles. The summed E-state index contributed by atoms with van der Waals surface area (Å²) < 4.78 is 0. The monoisotopic (exact) mass is 434 g/mol. The number of aromatic nitrogens is 4. The molecule has 0 spiro atoms. The molecule has 3 heterocycles. The standard InChI is InChI=1S/C24H30N6O2/c1-5-7-8-18(6-2)14-30-13-17(4)20(15-30)22-27-24(32)21(28-29-22)12-26-23(31)19-11-25-10-9-16(19)3/h5-11,17,20H,1,12-15H2,2-4H3,(H,26,31)(H,27,29,32)/b8-7-,18-6+. The zero-order valence-corrected chi connectivity index (χ0v) is 18.8. The Morgan fingerprint density at radius 3 is 2.88 bits per heavy atom. The van der Waals surface area contributed by atoms with Gasteiger partial charge in [0.15, 0.2) is 0 Å². The number of carbonyl (C=O) groups excluding carboxylic acids is 1. The van der Waals surface area contributed by atoms with E-state index in [1.165, 1.54) is 11.8 Å². The van der Waals surface area contributed by atoms with Crippen molar-refractivity contribution in [2.75, 3.05) is 19.6 Å². The first-order chi connectivity index (χ1) is 15.4. The van der Waals surface area contributed by atoms with Crippen molar-refractivity contribution in [3.63, 3.8) is 0 Å².